The van der Waals surface area contributed by atoms with Crippen molar-refractivity contribution in [3.05, 3.63) is 59.7 Å². The smallest absolute Gasteiger partial charge is 0.411 e. The number of nitrogens with zero attached hydrogens (tertiary/aromatic N) is 2. The molecule has 1 fully saturated rings. The molecular formula is C22H30IN5O2. The van der Waals surface area contributed by atoms with Crippen molar-refractivity contribution in [3.63, 3.8) is 0 Å². The molecular weight excluding hydrogens is 493 g/mol. The van der Waals surface area contributed by atoms with E-state index in [0.717, 1.165) is 31.0 Å². The van der Waals surface area contributed by atoms with Crippen LogP contribution in [0.4, 0.5) is 16.2 Å². The number of nitrogens with one attached hydrogen (secondary N) is 3. The van der Waals surface area contributed by atoms with Crippen molar-refractivity contribution in [3.8, 4) is 0 Å². The number of carbonyl (C=O) groups excluding carboxylic acids is 1. The number of benzene rings is 2. The van der Waals surface area contributed by atoms with Crippen LogP contribution in [0.3, 0.4) is 0 Å². The minimum Gasteiger partial charge on any atom is -0.453 e. The Balaban J connectivity index is 0.00000320. The van der Waals surface area contributed by atoms with E-state index in [-0.39, 0.29) is 24.0 Å². The summed E-state index contributed by atoms with van der Waals surface area (Å²) in [7, 11) is 3.13. The highest BCUT2D eigenvalue weighted by molar-refractivity contribution is 14.0. The normalized spacial score (nSPS) is 15.9. The maximum Gasteiger partial charge on any atom is 0.411 e. The number of hydrogen-bond donors (Lipinski definition) is 3. The summed E-state index contributed by atoms with van der Waals surface area (Å²) in [6, 6.07) is 16.6. The molecule has 0 saturated carbocycles. The summed E-state index contributed by atoms with van der Waals surface area (Å²) < 4.78 is 4.59. The summed E-state index contributed by atoms with van der Waals surface area (Å²) in [5.74, 6) is 0.789. The van der Waals surface area contributed by atoms with E-state index in [4.69, 9.17) is 0 Å². The van der Waals surface area contributed by atoms with Gasteiger partial charge in [-0.2, -0.15) is 0 Å². The van der Waals surface area contributed by atoms with E-state index in [9.17, 15) is 4.79 Å². The molecule has 0 radical (unpaired) electrons. The van der Waals surface area contributed by atoms with Gasteiger partial charge in [0.15, 0.2) is 5.96 Å². The minimum absolute atomic E-state index is 0. The third-order valence-electron chi connectivity index (χ3n) is 5.00. The van der Waals surface area contributed by atoms with Gasteiger partial charge >= 0.3 is 6.09 Å². The molecule has 1 unspecified atom stereocenters. The zero-order chi connectivity index (χ0) is 20.6. The highest BCUT2D eigenvalue weighted by atomic mass is 127. The molecule has 0 aromatic heterocycles. The van der Waals surface area contributed by atoms with Crippen molar-refractivity contribution in [2.24, 2.45) is 4.99 Å². The van der Waals surface area contributed by atoms with Crippen molar-refractivity contribution in [1.29, 1.82) is 0 Å². The molecule has 162 valence electrons. The van der Waals surface area contributed by atoms with Gasteiger partial charge in [-0.3, -0.25) is 10.3 Å². The second kappa shape index (κ2) is 11.6. The largest absolute Gasteiger partial charge is 0.453 e. The average Bonchev–Trinajstić information content (AvgIpc) is 3.21. The van der Waals surface area contributed by atoms with Crippen LogP contribution in [0.2, 0.25) is 0 Å². The van der Waals surface area contributed by atoms with Gasteiger partial charge in [-0.25, -0.2) is 4.79 Å². The van der Waals surface area contributed by atoms with Crippen molar-refractivity contribution < 1.29 is 9.53 Å². The molecule has 0 bridgehead atoms. The topological polar surface area (TPSA) is 78.0 Å². The number of aryl methyl sites for hydroxylation is 1. The molecule has 7 nitrogen and oxygen atoms in total. The summed E-state index contributed by atoms with van der Waals surface area (Å²) in [4.78, 5) is 18.0. The third kappa shape index (κ3) is 6.79. The van der Waals surface area contributed by atoms with Crippen molar-refractivity contribution >= 4 is 47.4 Å². The number of hydrogen-bond acceptors (Lipinski definition) is 4. The van der Waals surface area contributed by atoms with Gasteiger partial charge < -0.3 is 20.3 Å². The lowest BCUT2D eigenvalue weighted by Gasteiger charge is -2.20. The highest BCUT2D eigenvalue weighted by Gasteiger charge is 2.23. The van der Waals surface area contributed by atoms with Crippen LogP contribution >= 0.6 is 24.0 Å². The predicted molar refractivity (Wildman–Crippen MR) is 133 cm³/mol. The molecule has 1 aliphatic heterocycles. The predicted octanol–water partition coefficient (Wildman–Crippen LogP) is 3.74. The summed E-state index contributed by atoms with van der Waals surface area (Å²) in [5, 5.41) is 9.51. The maximum absolute atomic E-state index is 11.2. The van der Waals surface area contributed by atoms with E-state index >= 15 is 0 Å². The lowest BCUT2D eigenvalue weighted by molar-refractivity contribution is 0.187. The van der Waals surface area contributed by atoms with E-state index in [0.29, 0.717) is 18.3 Å². The molecule has 0 spiro atoms. The van der Waals surface area contributed by atoms with Gasteiger partial charge in [-0.05, 0) is 43.2 Å². The molecule has 3 N–H and O–H groups in total. The van der Waals surface area contributed by atoms with Gasteiger partial charge in [0, 0.05) is 44.1 Å². The van der Waals surface area contributed by atoms with Crippen LogP contribution in [0.15, 0.2) is 53.5 Å². The Bertz CT molecular complexity index is 840. The number of anilines is 2. The van der Waals surface area contributed by atoms with E-state index in [1.165, 1.54) is 18.4 Å². The van der Waals surface area contributed by atoms with Crippen LogP contribution < -0.4 is 20.9 Å². The Morgan fingerprint density at radius 3 is 2.50 bits per heavy atom. The van der Waals surface area contributed by atoms with Gasteiger partial charge in [-0.15, -0.1) is 24.0 Å². The maximum atomic E-state index is 11.2. The van der Waals surface area contributed by atoms with Gasteiger partial charge in [0.05, 0.1) is 7.11 Å². The number of halogens is 1. The SMILES string of the molecule is CN=C(NCc1ccc(NC(=O)OC)cc1)NC1CCN(c2ccc(C)cc2)C1.I. The van der Waals surface area contributed by atoms with Crippen molar-refractivity contribution in [2.45, 2.75) is 25.9 Å². The highest BCUT2D eigenvalue weighted by Crippen LogP contribution is 2.20. The Hall–Kier alpha value is -2.49. The number of carbonyl (C=O) groups is 1. The van der Waals surface area contributed by atoms with Gasteiger partial charge in [-0.1, -0.05) is 29.8 Å². The molecule has 1 aliphatic rings. The zero-order valence-corrected chi connectivity index (χ0v) is 20.0. The van der Waals surface area contributed by atoms with Gasteiger partial charge in [0.25, 0.3) is 0 Å². The standard InChI is InChI=1S/C22H29N5O2.HI/c1-16-4-10-20(11-5-16)27-13-12-19(15-27)25-21(23-2)24-14-17-6-8-18(9-7-17)26-22(28)29-3;/h4-11,19H,12-15H2,1-3H3,(H,26,28)(H2,23,24,25);1H. The number of guanidine groups is 1. The number of amides is 1. The Morgan fingerprint density at radius 1 is 1.17 bits per heavy atom. The number of aliphatic imine (C=N–C) groups is 1. The first-order chi connectivity index (χ1) is 14.1. The van der Waals surface area contributed by atoms with Crippen LogP contribution in [0, 0.1) is 6.92 Å². The van der Waals surface area contributed by atoms with Crippen molar-refractivity contribution in [1.82, 2.24) is 10.6 Å². The number of ether oxygens (including phenoxy) is 1. The Kier molecular flexibility index (Phi) is 9.22. The van der Waals surface area contributed by atoms with E-state index < -0.39 is 6.09 Å². The van der Waals surface area contributed by atoms with Gasteiger partial charge in [0.2, 0.25) is 0 Å². The fraction of sp³-hybridized carbons (Fsp3) is 0.364. The monoisotopic (exact) mass is 523 g/mol. The molecule has 2 aromatic carbocycles. The molecule has 1 saturated heterocycles. The fourth-order valence-corrected chi connectivity index (χ4v) is 3.32. The second-order valence-corrected chi connectivity index (χ2v) is 7.15. The van der Waals surface area contributed by atoms with Crippen LogP contribution in [0.5, 0.6) is 0 Å². The quantitative estimate of drug-likeness (QED) is 0.316. The molecule has 3 rings (SSSR count). The molecule has 1 heterocycles. The first-order valence-electron chi connectivity index (χ1n) is 9.80. The minimum atomic E-state index is -0.475. The second-order valence-electron chi connectivity index (χ2n) is 7.15. The fourth-order valence-electron chi connectivity index (χ4n) is 3.32. The molecule has 1 amide bonds. The first-order valence-corrected chi connectivity index (χ1v) is 9.80. The zero-order valence-electron chi connectivity index (χ0n) is 17.6. The van der Waals surface area contributed by atoms with E-state index in [1.54, 1.807) is 7.05 Å². The lowest BCUT2D eigenvalue weighted by Crippen LogP contribution is -2.44. The number of methoxy groups -OCH3 is 1. The van der Waals surface area contributed by atoms with Crippen molar-refractivity contribution in [2.75, 3.05) is 37.5 Å². The van der Waals surface area contributed by atoms with Crippen LogP contribution in [-0.2, 0) is 11.3 Å². The number of rotatable bonds is 5. The molecule has 8 heteroatoms. The Morgan fingerprint density at radius 2 is 1.87 bits per heavy atom. The third-order valence-corrected chi connectivity index (χ3v) is 5.00. The summed E-state index contributed by atoms with van der Waals surface area (Å²) >= 11 is 0. The van der Waals surface area contributed by atoms with Crippen LogP contribution in [0.1, 0.15) is 17.5 Å². The van der Waals surface area contributed by atoms with Crippen LogP contribution in [0.25, 0.3) is 0 Å². The summed E-state index contributed by atoms with van der Waals surface area (Å²) in [5.41, 5.74) is 4.34. The van der Waals surface area contributed by atoms with E-state index in [2.05, 4.69) is 61.8 Å². The Labute approximate surface area is 195 Å². The molecule has 0 aliphatic carbocycles. The average molecular weight is 523 g/mol. The van der Waals surface area contributed by atoms with E-state index in [1.807, 2.05) is 24.3 Å². The first kappa shape index (κ1) is 23.8. The molecule has 1 atom stereocenters. The molecule has 30 heavy (non-hydrogen) atoms. The summed E-state index contributed by atoms with van der Waals surface area (Å²) in [6.45, 7) is 4.74. The lowest BCUT2D eigenvalue weighted by atomic mass is 10.2. The van der Waals surface area contributed by atoms with Crippen LogP contribution in [-0.4, -0.2) is 45.3 Å². The summed E-state index contributed by atoms with van der Waals surface area (Å²) in [6.07, 6.45) is 0.597. The van der Waals surface area contributed by atoms with Gasteiger partial charge in [0.1, 0.15) is 0 Å². The molecule has 2 aromatic rings.